The first kappa shape index (κ1) is 11.2. The zero-order valence-corrected chi connectivity index (χ0v) is 10.2. The Kier molecular flexibility index (Phi) is 2.73. The Morgan fingerprint density at radius 2 is 1.81 bits per heavy atom. The fraction of sp³-hybridized carbons (Fsp3) is 0.500. The SMILES string of the molecule is Cc1cc(C)cc(CN2CC(C)(C#N)C2)c1. The Balaban J connectivity index is 1.99. The minimum Gasteiger partial charge on any atom is -0.296 e. The topological polar surface area (TPSA) is 27.0 Å². The fourth-order valence-corrected chi connectivity index (χ4v) is 2.54. The van der Waals surface area contributed by atoms with Gasteiger partial charge in [0.15, 0.2) is 0 Å². The molecule has 1 saturated heterocycles. The van der Waals surface area contributed by atoms with Gasteiger partial charge in [-0.05, 0) is 26.3 Å². The minimum absolute atomic E-state index is 0.112. The standard InChI is InChI=1S/C14H18N2/c1-11-4-12(2)6-13(5-11)7-16-9-14(3,8-15)10-16/h4-6H,7,9-10H2,1-3H3. The van der Waals surface area contributed by atoms with E-state index in [9.17, 15) is 0 Å². The number of benzene rings is 1. The molecule has 0 bridgehead atoms. The van der Waals surface area contributed by atoms with E-state index in [2.05, 4.69) is 43.0 Å². The molecule has 1 aliphatic rings. The summed E-state index contributed by atoms with van der Waals surface area (Å²) in [6.45, 7) is 9.07. The van der Waals surface area contributed by atoms with Crippen molar-refractivity contribution in [3.05, 3.63) is 34.9 Å². The maximum absolute atomic E-state index is 8.94. The van der Waals surface area contributed by atoms with E-state index in [1.54, 1.807) is 0 Å². The lowest BCUT2D eigenvalue weighted by atomic mass is 9.83. The highest BCUT2D eigenvalue weighted by Gasteiger charge is 2.38. The average molecular weight is 214 g/mol. The Morgan fingerprint density at radius 3 is 2.31 bits per heavy atom. The summed E-state index contributed by atoms with van der Waals surface area (Å²) in [5, 5.41) is 8.94. The van der Waals surface area contributed by atoms with Crippen LogP contribution in [-0.4, -0.2) is 18.0 Å². The molecule has 0 saturated carbocycles. The Bertz CT molecular complexity index is 416. The molecule has 2 heteroatoms. The van der Waals surface area contributed by atoms with E-state index >= 15 is 0 Å². The largest absolute Gasteiger partial charge is 0.296 e. The molecule has 1 heterocycles. The highest BCUT2D eigenvalue weighted by atomic mass is 15.2. The van der Waals surface area contributed by atoms with Crippen LogP contribution in [0.15, 0.2) is 18.2 Å². The van der Waals surface area contributed by atoms with Crippen LogP contribution in [0.4, 0.5) is 0 Å². The van der Waals surface area contributed by atoms with Gasteiger partial charge in [0.2, 0.25) is 0 Å². The van der Waals surface area contributed by atoms with Gasteiger partial charge in [-0.1, -0.05) is 29.3 Å². The molecule has 0 N–H and O–H groups in total. The molecule has 0 radical (unpaired) electrons. The lowest BCUT2D eigenvalue weighted by Gasteiger charge is -2.43. The van der Waals surface area contributed by atoms with Crippen LogP contribution in [-0.2, 0) is 6.54 Å². The quantitative estimate of drug-likeness (QED) is 0.756. The van der Waals surface area contributed by atoms with Crippen molar-refractivity contribution in [3.63, 3.8) is 0 Å². The van der Waals surface area contributed by atoms with Crippen molar-refractivity contribution in [2.45, 2.75) is 27.3 Å². The summed E-state index contributed by atoms with van der Waals surface area (Å²) in [5.41, 5.74) is 3.88. The van der Waals surface area contributed by atoms with Crippen molar-refractivity contribution in [1.29, 1.82) is 5.26 Å². The zero-order chi connectivity index (χ0) is 11.8. The first-order chi connectivity index (χ1) is 7.50. The van der Waals surface area contributed by atoms with Crippen LogP contribution >= 0.6 is 0 Å². The molecular weight excluding hydrogens is 196 g/mol. The summed E-state index contributed by atoms with van der Waals surface area (Å²) in [6, 6.07) is 9.03. The maximum atomic E-state index is 8.94. The monoisotopic (exact) mass is 214 g/mol. The summed E-state index contributed by atoms with van der Waals surface area (Å²) in [4.78, 5) is 2.33. The number of nitriles is 1. The minimum atomic E-state index is -0.112. The molecule has 84 valence electrons. The van der Waals surface area contributed by atoms with Gasteiger partial charge < -0.3 is 0 Å². The summed E-state index contributed by atoms with van der Waals surface area (Å²) in [5.74, 6) is 0. The van der Waals surface area contributed by atoms with Gasteiger partial charge in [0.25, 0.3) is 0 Å². The highest BCUT2D eigenvalue weighted by molar-refractivity contribution is 5.28. The third kappa shape index (κ3) is 2.25. The van der Waals surface area contributed by atoms with E-state index in [4.69, 9.17) is 5.26 Å². The van der Waals surface area contributed by atoms with Crippen LogP contribution in [0, 0.1) is 30.6 Å². The molecule has 16 heavy (non-hydrogen) atoms. The van der Waals surface area contributed by atoms with Crippen molar-refractivity contribution in [3.8, 4) is 6.07 Å². The van der Waals surface area contributed by atoms with Gasteiger partial charge in [0, 0.05) is 19.6 Å². The second-order valence-electron chi connectivity index (χ2n) is 5.31. The first-order valence-electron chi connectivity index (χ1n) is 5.72. The number of hydrogen-bond donors (Lipinski definition) is 0. The summed E-state index contributed by atoms with van der Waals surface area (Å²) in [7, 11) is 0. The molecule has 1 aromatic carbocycles. The molecule has 0 unspecified atom stereocenters. The molecule has 1 fully saturated rings. The first-order valence-corrected chi connectivity index (χ1v) is 5.72. The average Bonchev–Trinajstić information content (AvgIpc) is 2.13. The van der Waals surface area contributed by atoms with Crippen molar-refractivity contribution in [2.24, 2.45) is 5.41 Å². The molecule has 1 aliphatic heterocycles. The van der Waals surface area contributed by atoms with Gasteiger partial charge in [-0.15, -0.1) is 0 Å². The van der Waals surface area contributed by atoms with Crippen LogP contribution in [0.2, 0.25) is 0 Å². The summed E-state index contributed by atoms with van der Waals surface area (Å²) >= 11 is 0. The van der Waals surface area contributed by atoms with Crippen molar-refractivity contribution in [2.75, 3.05) is 13.1 Å². The normalized spacial score (nSPS) is 18.9. The van der Waals surface area contributed by atoms with Crippen molar-refractivity contribution >= 4 is 0 Å². The third-order valence-electron chi connectivity index (χ3n) is 3.10. The lowest BCUT2D eigenvalue weighted by molar-refractivity contribution is 0.0530. The van der Waals surface area contributed by atoms with Gasteiger partial charge in [-0.3, -0.25) is 4.90 Å². The number of hydrogen-bond acceptors (Lipinski definition) is 2. The van der Waals surface area contributed by atoms with Crippen molar-refractivity contribution in [1.82, 2.24) is 4.90 Å². The Morgan fingerprint density at radius 1 is 1.25 bits per heavy atom. The molecule has 2 rings (SSSR count). The van der Waals surface area contributed by atoms with E-state index in [0.29, 0.717) is 0 Å². The summed E-state index contributed by atoms with van der Waals surface area (Å²) in [6.07, 6.45) is 0. The second-order valence-corrected chi connectivity index (χ2v) is 5.31. The van der Waals surface area contributed by atoms with E-state index in [0.717, 1.165) is 19.6 Å². The zero-order valence-electron chi connectivity index (χ0n) is 10.2. The number of rotatable bonds is 2. The highest BCUT2D eigenvalue weighted by Crippen LogP contribution is 2.30. The molecule has 0 atom stereocenters. The van der Waals surface area contributed by atoms with Crippen LogP contribution in [0.3, 0.4) is 0 Å². The number of likely N-dealkylation sites (tertiary alicyclic amines) is 1. The molecule has 0 spiro atoms. The van der Waals surface area contributed by atoms with Gasteiger partial charge in [-0.25, -0.2) is 0 Å². The second kappa shape index (κ2) is 3.92. The molecule has 0 amide bonds. The van der Waals surface area contributed by atoms with E-state index in [-0.39, 0.29) is 5.41 Å². The molecule has 1 aromatic rings. The Hall–Kier alpha value is -1.33. The van der Waals surface area contributed by atoms with Crippen LogP contribution in [0.25, 0.3) is 0 Å². The molecular formula is C14H18N2. The van der Waals surface area contributed by atoms with E-state index < -0.39 is 0 Å². The van der Waals surface area contributed by atoms with Crippen LogP contribution in [0.1, 0.15) is 23.6 Å². The molecule has 0 aliphatic carbocycles. The lowest BCUT2D eigenvalue weighted by Crippen LogP contribution is -2.53. The maximum Gasteiger partial charge on any atom is 0.0799 e. The van der Waals surface area contributed by atoms with Gasteiger partial charge in [0.05, 0.1) is 11.5 Å². The van der Waals surface area contributed by atoms with Gasteiger partial charge in [-0.2, -0.15) is 5.26 Å². The predicted molar refractivity (Wildman–Crippen MR) is 64.9 cm³/mol. The summed E-state index contributed by atoms with van der Waals surface area (Å²) < 4.78 is 0. The Labute approximate surface area is 97.5 Å². The van der Waals surface area contributed by atoms with E-state index in [1.165, 1.54) is 16.7 Å². The fourth-order valence-electron chi connectivity index (χ4n) is 2.54. The number of aryl methyl sites for hydroxylation is 2. The number of nitrogens with zero attached hydrogens (tertiary/aromatic N) is 2. The van der Waals surface area contributed by atoms with Gasteiger partial charge in [0.1, 0.15) is 0 Å². The smallest absolute Gasteiger partial charge is 0.0799 e. The van der Waals surface area contributed by atoms with Crippen LogP contribution in [0.5, 0.6) is 0 Å². The van der Waals surface area contributed by atoms with E-state index in [1.807, 2.05) is 6.92 Å². The molecule has 0 aromatic heterocycles. The van der Waals surface area contributed by atoms with Crippen LogP contribution < -0.4 is 0 Å². The van der Waals surface area contributed by atoms with Gasteiger partial charge >= 0.3 is 0 Å². The van der Waals surface area contributed by atoms with Crippen molar-refractivity contribution < 1.29 is 0 Å². The third-order valence-corrected chi connectivity index (χ3v) is 3.10. The predicted octanol–water partition coefficient (Wildman–Crippen LogP) is 2.65. The molecule has 2 nitrogen and oxygen atoms in total.